The van der Waals surface area contributed by atoms with Crippen molar-refractivity contribution in [2.75, 3.05) is 13.1 Å². The highest BCUT2D eigenvalue weighted by Gasteiger charge is 2.20. The van der Waals surface area contributed by atoms with Crippen LogP contribution < -0.4 is 10.0 Å². The second-order valence-electron chi connectivity index (χ2n) is 4.74. The number of benzene rings is 1. The molecule has 1 aromatic rings. The molecular weight excluding hydrogens is 328 g/mol. The van der Waals surface area contributed by atoms with Crippen LogP contribution in [0.25, 0.3) is 0 Å². The van der Waals surface area contributed by atoms with Crippen molar-refractivity contribution < 1.29 is 33.3 Å². The first-order valence-corrected chi connectivity index (χ1v) is 8.04. The van der Waals surface area contributed by atoms with Crippen molar-refractivity contribution in [2.45, 2.75) is 24.0 Å². The average Bonchev–Trinajstić information content (AvgIpc) is 2.50. The summed E-state index contributed by atoms with van der Waals surface area (Å²) in [6.07, 6.45) is -2.57. The molecule has 0 bridgehead atoms. The monoisotopic (exact) mass is 346 g/mol. The van der Waals surface area contributed by atoms with Crippen molar-refractivity contribution >= 4 is 21.9 Å². The Bertz CT molecular complexity index is 657. The molecule has 10 heteroatoms. The molecular formula is C13H18N2O7S. The van der Waals surface area contributed by atoms with Crippen LogP contribution in [0.15, 0.2) is 29.2 Å². The van der Waals surface area contributed by atoms with E-state index in [4.69, 9.17) is 5.11 Å². The molecule has 0 saturated carbocycles. The molecule has 5 N–H and O–H groups in total. The smallest absolute Gasteiger partial charge is 0.318 e. The third-order valence-electron chi connectivity index (χ3n) is 2.87. The molecule has 9 nitrogen and oxygen atoms in total. The lowest BCUT2D eigenvalue weighted by Gasteiger charge is -2.18. The number of hydrogen-bond acceptors (Lipinski definition) is 6. The van der Waals surface area contributed by atoms with Gasteiger partial charge in [0.1, 0.15) is 18.8 Å². The second kappa shape index (κ2) is 8.02. The summed E-state index contributed by atoms with van der Waals surface area (Å²) in [5.74, 6) is -1.68. The zero-order valence-corrected chi connectivity index (χ0v) is 13.1. The Kier molecular flexibility index (Phi) is 6.63. The lowest BCUT2D eigenvalue weighted by Crippen LogP contribution is -2.34. The molecule has 0 heterocycles. The minimum Gasteiger partial charge on any atom is -0.480 e. The molecule has 0 aliphatic rings. The van der Waals surface area contributed by atoms with Crippen LogP contribution in [0, 0.1) is 0 Å². The third kappa shape index (κ3) is 5.94. The average molecular weight is 346 g/mol. The Labute approximate surface area is 133 Å². The van der Waals surface area contributed by atoms with E-state index in [0.29, 0.717) is 0 Å². The molecule has 0 fully saturated rings. The lowest BCUT2D eigenvalue weighted by molar-refractivity contribution is -0.135. The van der Waals surface area contributed by atoms with Crippen LogP contribution in [0.5, 0.6) is 0 Å². The number of sulfonamides is 1. The van der Waals surface area contributed by atoms with Crippen molar-refractivity contribution in [1.29, 1.82) is 0 Å². The van der Waals surface area contributed by atoms with Crippen LogP contribution in [-0.2, 0) is 19.6 Å². The quantitative estimate of drug-likeness (QED) is 0.387. The number of hydrogen-bond donors (Lipinski definition) is 5. The van der Waals surface area contributed by atoms with E-state index in [9.17, 15) is 28.2 Å². The molecule has 0 aromatic heterocycles. The van der Waals surface area contributed by atoms with Crippen molar-refractivity contribution in [1.82, 2.24) is 10.0 Å². The maximum Gasteiger partial charge on any atom is 0.318 e. The van der Waals surface area contributed by atoms with Crippen LogP contribution in [0.4, 0.5) is 0 Å². The van der Waals surface area contributed by atoms with Gasteiger partial charge >= 0.3 is 5.97 Å². The van der Waals surface area contributed by atoms with Crippen LogP contribution >= 0.6 is 0 Å². The van der Waals surface area contributed by atoms with Crippen molar-refractivity contribution in [3.63, 3.8) is 0 Å². The van der Waals surface area contributed by atoms with Crippen LogP contribution in [0.2, 0.25) is 0 Å². The van der Waals surface area contributed by atoms with E-state index in [0.717, 1.165) is 0 Å². The van der Waals surface area contributed by atoms with E-state index in [2.05, 4.69) is 5.32 Å². The van der Waals surface area contributed by atoms with Crippen LogP contribution in [0.1, 0.15) is 18.6 Å². The predicted octanol–water partition coefficient (Wildman–Crippen LogP) is -1.42. The Morgan fingerprint density at radius 1 is 1.17 bits per heavy atom. The molecule has 2 unspecified atom stereocenters. The summed E-state index contributed by atoms with van der Waals surface area (Å²) >= 11 is 0. The fourth-order valence-electron chi connectivity index (χ4n) is 1.67. The highest BCUT2D eigenvalue weighted by Crippen LogP contribution is 2.19. The van der Waals surface area contributed by atoms with Gasteiger partial charge in [0.15, 0.2) is 0 Å². The fraction of sp³-hybridized carbons (Fsp3) is 0.385. The normalized spacial score (nSPS) is 14.0. The van der Waals surface area contributed by atoms with E-state index in [1.54, 1.807) is 0 Å². The highest BCUT2D eigenvalue weighted by molar-refractivity contribution is 7.89. The SMILES string of the molecule is CC(=O)NCC(O)C(O)c1ccc(S(=O)(=O)NCC(=O)O)cc1. The zero-order chi connectivity index (χ0) is 17.6. The number of aliphatic hydroxyl groups is 2. The summed E-state index contributed by atoms with van der Waals surface area (Å²) in [6.45, 7) is 0.363. The molecule has 0 aliphatic heterocycles. The van der Waals surface area contributed by atoms with Gasteiger partial charge in [0.25, 0.3) is 0 Å². The van der Waals surface area contributed by atoms with Gasteiger partial charge in [0.05, 0.1) is 4.90 Å². The summed E-state index contributed by atoms with van der Waals surface area (Å²) in [4.78, 5) is 21.0. The van der Waals surface area contributed by atoms with Crippen molar-refractivity contribution in [2.24, 2.45) is 0 Å². The first kappa shape index (κ1) is 19.0. The van der Waals surface area contributed by atoms with Crippen molar-refractivity contribution in [3.05, 3.63) is 29.8 Å². The Balaban J connectivity index is 2.79. The minimum atomic E-state index is -3.97. The maximum atomic E-state index is 11.8. The summed E-state index contributed by atoms with van der Waals surface area (Å²) in [5, 5.41) is 30.5. The molecule has 1 amide bonds. The van der Waals surface area contributed by atoms with Gasteiger partial charge in [0.2, 0.25) is 15.9 Å². The number of carboxylic acid groups (broad SMARTS) is 1. The lowest BCUT2D eigenvalue weighted by atomic mass is 10.0. The molecule has 0 aliphatic carbocycles. The molecule has 0 spiro atoms. The zero-order valence-electron chi connectivity index (χ0n) is 12.3. The molecule has 2 atom stereocenters. The minimum absolute atomic E-state index is 0.156. The van der Waals surface area contributed by atoms with Gasteiger partial charge in [-0.05, 0) is 17.7 Å². The second-order valence-corrected chi connectivity index (χ2v) is 6.50. The standard InChI is InChI=1S/C13H18N2O7S/c1-8(16)14-6-11(17)13(20)9-2-4-10(5-3-9)23(21,22)15-7-12(18)19/h2-5,11,13,15,17,20H,6-7H2,1H3,(H,14,16)(H,18,19). The largest absolute Gasteiger partial charge is 0.480 e. The van der Waals surface area contributed by atoms with E-state index in [-0.39, 0.29) is 22.9 Å². The highest BCUT2D eigenvalue weighted by atomic mass is 32.2. The van der Waals surface area contributed by atoms with Gasteiger partial charge in [0, 0.05) is 13.5 Å². The molecule has 0 saturated heterocycles. The third-order valence-corrected chi connectivity index (χ3v) is 4.29. The predicted molar refractivity (Wildman–Crippen MR) is 78.9 cm³/mol. The van der Waals surface area contributed by atoms with Gasteiger partial charge in [-0.1, -0.05) is 12.1 Å². The molecule has 1 aromatic carbocycles. The number of carbonyl (C=O) groups is 2. The maximum absolute atomic E-state index is 11.8. The van der Waals surface area contributed by atoms with E-state index in [1.165, 1.54) is 31.2 Å². The van der Waals surface area contributed by atoms with Gasteiger partial charge in [-0.2, -0.15) is 4.72 Å². The Hall–Kier alpha value is -2.01. The van der Waals surface area contributed by atoms with Crippen LogP contribution in [-0.4, -0.2) is 54.8 Å². The van der Waals surface area contributed by atoms with E-state index in [1.807, 2.05) is 4.72 Å². The number of amides is 1. The Morgan fingerprint density at radius 3 is 2.22 bits per heavy atom. The number of aliphatic hydroxyl groups excluding tert-OH is 2. The van der Waals surface area contributed by atoms with Crippen LogP contribution in [0.3, 0.4) is 0 Å². The number of aliphatic carboxylic acids is 1. The van der Waals surface area contributed by atoms with Crippen molar-refractivity contribution in [3.8, 4) is 0 Å². The summed E-state index contributed by atoms with van der Waals surface area (Å²) in [6, 6.07) is 4.93. The number of rotatable bonds is 8. The first-order valence-electron chi connectivity index (χ1n) is 6.55. The fourth-order valence-corrected chi connectivity index (χ4v) is 2.64. The number of carboxylic acids is 1. The Morgan fingerprint density at radius 2 is 1.74 bits per heavy atom. The van der Waals surface area contributed by atoms with Gasteiger partial charge in [-0.25, -0.2) is 8.42 Å². The molecule has 23 heavy (non-hydrogen) atoms. The molecule has 128 valence electrons. The summed E-state index contributed by atoms with van der Waals surface area (Å²) in [5.41, 5.74) is 0.250. The topological polar surface area (TPSA) is 153 Å². The van der Waals surface area contributed by atoms with Gasteiger partial charge < -0.3 is 20.6 Å². The number of carbonyl (C=O) groups excluding carboxylic acids is 1. The molecule has 1 rings (SSSR count). The van der Waals surface area contributed by atoms with E-state index >= 15 is 0 Å². The first-order chi connectivity index (χ1) is 10.6. The van der Waals surface area contributed by atoms with E-state index < -0.39 is 34.7 Å². The van der Waals surface area contributed by atoms with Gasteiger partial charge in [-0.15, -0.1) is 0 Å². The summed E-state index contributed by atoms with van der Waals surface area (Å²) in [7, 11) is -3.97. The number of nitrogens with one attached hydrogen (secondary N) is 2. The molecule has 0 radical (unpaired) electrons. The summed E-state index contributed by atoms with van der Waals surface area (Å²) < 4.78 is 25.5. The van der Waals surface area contributed by atoms with Gasteiger partial charge in [-0.3, -0.25) is 9.59 Å².